The molecule has 130 valence electrons. The van der Waals surface area contributed by atoms with Gasteiger partial charge in [-0.1, -0.05) is 42.5 Å². The number of para-hydroxylation sites is 1. The molecule has 2 nitrogen and oxygen atoms in total. The zero-order valence-electron chi connectivity index (χ0n) is 15.1. The second kappa shape index (κ2) is 7.57. The Bertz CT molecular complexity index is 911. The van der Waals surface area contributed by atoms with E-state index in [2.05, 4.69) is 41.4 Å². The number of methoxy groups -OCH3 is 1. The van der Waals surface area contributed by atoms with Crippen LogP contribution in [0.2, 0.25) is 0 Å². The van der Waals surface area contributed by atoms with Gasteiger partial charge in [0.25, 0.3) is 0 Å². The van der Waals surface area contributed by atoms with Crippen molar-refractivity contribution in [1.29, 1.82) is 0 Å². The van der Waals surface area contributed by atoms with Gasteiger partial charge in [-0.05, 0) is 77.8 Å². The number of aliphatic imine (C=N–C) groups is 1. The lowest BCUT2D eigenvalue weighted by Crippen LogP contribution is -2.04. The van der Waals surface area contributed by atoms with Gasteiger partial charge in [-0.2, -0.15) is 0 Å². The maximum atomic E-state index is 5.68. The molecule has 3 aromatic carbocycles. The van der Waals surface area contributed by atoms with Crippen LogP contribution in [0.5, 0.6) is 5.75 Å². The zero-order chi connectivity index (χ0) is 17.8. The van der Waals surface area contributed by atoms with Crippen molar-refractivity contribution in [2.75, 3.05) is 7.11 Å². The van der Waals surface area contributed by atoms with Gasteiger partial charge in [0.05, 0.1) is 12.8 Å². The Hall–Kier alpha value is -2.87. The van der Waals surface area contributed by atoms with Crippen LogP contribution in [0.25, 0.3) is 0 Å². The predicted octanol–water partition coefficient (Wildman–Crippen LogP) is 5.33. The maximum Gasteiger partial charge on any atom is 0.122 e. The Balaban J connectivity index is 1.74. The first-order valence-corrected chi connectivity index (χ1v) is 9.18. The number of aryl methyl sites for hydroxylation is 4. The summed E-state index contributed by atoms with van der Waals surface area (Å²) in [5.74, 6) is 0.992. The molecule has 0 heterocycles. The number of hydrogen-bond acceptors (Lipinski definition) is 2. The largest absolute Gasteiger partial charge is 0.496 e. The standard InChI is InChI=1S/C24H23NO/c1-26-24-16-20-13-11-18-7-9-19(10-8-18)12-14-21(24)15-22(20)17-25-23-5-3-2-4-6-23/h2-10,15-17H,11-14H2,1H3. The lowest BCUT2D eigenvalue weighted by molar-refractivity contribution is 0.409. The molecule has 4 bridgehead atoms. The monoisotopic (exact) mass is 341 g/mol. The molecule has 3 aromatic rings. The average Bonchev–Trinajstić information content (AvgIpc) is 2.69. The minimum atomic E-state index is 0.967. The van der Waals surface area contributed by atoms with Crippen molar-refractivity contribution in [1.82, 2.24) is 0 Å². The van der Waals surface area contributed by atoms with Crippen molar-refractivity contribution in [3.05, 3.63) is 94.5 Å². The quantitative estimate of drug-likeness (QED) is 0.590. The number of ether oxygens (including phenoxy) is 1. The Morgan fingerprint density at radius 2 is 1.42 bits per heavy atom. The van der Waals surface area contributed by atoms with Crippen molar-refractivity contribution < 1.29 is 4.74 Å². The molecule has 0 amide bonds. The molecule has 0 saturated heterocycles. The Morgan fingerprint density at radius 1 is 0.769 bits per heavy atom. The van der Waals surface area contributed by atoms with Crippen molar-refractivity contribution in [3.63, 3.8) is 0 Å². The third kappa shape index (κ3) is 3.70. The number of hydrogen-bond donors (Lipinski definition) is 0. The van der Waals surface area contributed by atoms with Crippen LogP contribution >= 0.6 is 0 Å². The van der Waals surface area contributed by atoms with Gasteiger partial charge in [-0.15, -0.1) is 0 Å². The summed E-state index contributed by atoms with van der Waals surface area (Å²) >= 11 is 0. The van der Waals surface area contributed by atoms with E-state index in [-0.39, 0.29) is 0 Å². The lowest BCUT2D eigenvalue weighted by atomic mass is 9.93. The van der Waals surface area contributed by atoms with Gasteiger partial charge in [0, 0.05) is 6.21 Å². The fourth-order valence-electron chi connectivity index (χ4n) is 3.50. The highest BCUT2D eigenvalue weighted by Gasteiger charge is 2.12. The summed E-state index contributed by atoms with van der Waals surface area (Å²) in [6.45, 7) is 0. The van der Waals surface area contributed by atoms with Crippen molar-refractivity contribution in [3.8, 4) is 5.75 Å². The van der Waals surface area contributed by atoms with Crippen molar-refractivity contribution in [2.45, 2.75) is 25.7 Å². The summed E-state index contributed by atoms with van der Waals surface area (Å²) in [6.07, 6.45) is 5.99. The molecule has 26 heavy (non-hydrogen) atoms. The second-order valence-electron chi connectivity index (χ2n) is 6.77. The van der Waals surface area contributed by atoms with Crippen LogP contribution in [0.3, 0.4) is 0 Å². The maximum absolute atomic E-state index is 5.68. The molecular formula is C24H23NO. The molecule has 0 aromatic heterocycles. The molecule has 0 fully saturated rings. The number of benzene rings is 3. The van der Waals surface area contributed by atoms with E-state index in [1.165, 1.54) is 27.8 Å². The predicted molar refractivity (Wildman–Crippen MR) is 108 cm³/mol. The highest BCUT2D eigenvalue weighted by atomic mass is 16.5. The van der Waals surface area contributed by atoms with Crippen LogP contribution < -0.4 is 4.74 Å². The van der Waals surface area contributed by atoms with Gasteiger partial charge in [-0.25, -0.2) is 0 Å². The Kier molecular flexibility index (Phi) is 4.83. The fourth-order valence-corrected chi connectivity index (χ4v) is 3.50. The van der Waals surface area contributed by atoms with Gasteiger partial charge >= 0.3 is 0 Å². The summed E-state index contributed by atoms with van der Waals surface area (Å²) in [4.78, 5) is 4.68. The van der Waals surface area contributed by atoms with E-state index in [4.69, 9.17) is 4.74 Å². The van der Waals surface area contributed by atoms with E-state index >= 15 is 0 Å². The van der Waals surface area contributed by atoms with Gasteiger partial charge in [-0.3, -0.25) is 4.99 Å². The third-order valence-corrected chi connectivity index (χ3v) is 5.04. The molecule has 0 aliphatic heterocycles. The van der Waals surface area contributed by atoms with Crippen LogP contribution in [-0.2, 0) is 25.7 Å². The van der Waals surface area contributed by atoms with Gasteiger partial charge in [0.15, 0.2) is 0 Å². The smallest absolute Gasteiger partial charge is 0.122 e. The van der Waals surface area contributed by atoms with E-state index in [0.29, 0.717) is 0 Å². The molecule has 0 atom stereocenters. The van der Waals surface area contributed by atoms with E-state index in [1.54, 1.807) is 7.11 Å². The van der Waals surface area contributed by atoms with Crippen LogP contribution in [0.1, 0.15) is 27.8 Å². The molecule has 7 rings (SSSR count). The molecule has 0 unspecified atom stereocenters. The molecule has 4 aliphatic rings. The summed E-state index contributed by atoms with van der Waals surface area (Å²) in [5, 5.41) is 0. The summed E-state index contributed by atoms with van der Waals surface area (Å²) in [6, 6.07) is 23.6. The van der Waals surface area contributed by atoms with E-state index < -0.39 is 0 Å². The zero-order valence-corrected chi connectivity index (χ0v) is 15.1. The molecule has 2 heteroatoms. The van der Waals surface area contributed by atoms with Crippen LogP contribution in [0.4, 0.5) is 5.69 Å². The number of nitrogens with zero attached hydrogens (tertiary/aromatic N) is 1. The SMILES string of the molecule is COc1cc2c(C=Nc3ccccc3)cc1CCc1ccc(cc1)CC2. The number of rotatable bonds is 3. The van der Waals surface area contributed by atoms with Gasteiger partial charge in [0.2, 0.25) is 0 Å². The molecule has 0 N–H and O–H groups in total. The topological polar surface area (TPSA) is 21.6 Å². The van der Waals surface area contributed by atoms with Crippen molar-refractivity contribution >= 4 is 11.9 Å². The normalized spacial score (nSPS) is 13.6. The fraction of sp³-hybridized carbons (Fsp3) is 0.208. The van der Waals surface area contributed by atoms with Crippen LogP contribution in [0, 0.1) is 0 Å². The summed E-state index contributed by atoms with van der Waals surface area (Å²) < 4.78 is 5.68. The van der Waals surface area contributed by atoms with E-state index in [0.717, 1.165) is 37.1 Å². The molecule has 0 spiro atoms. The van der Waals surface area contributed by atoms with E-state index in [1.807, 2.05) is 36.5 Å². The van der Waals surface area contributed by atoms with Gasteiger partial charge < -0.3 is 4.74 Å². The first kappa shape index (κ1) is 16.6. The lowest BCUT2D eigenvalue weighted by Gasteiger charge is -2.16. The van der Waals surface area contributed by atoms with Gasteiger partial charge in [0.1, 0.15) is 5.75 Å². The molecule has 0 saturated carbocycles. The highest BCUT2D eigenvalue weighted by molar-refractivity contribution is 5.84. The highest BCUT2D eigenvalue weighted by Crippen LogP contribution is 2.27. The first-order valence-electron chi connectivity index (χ1n) is 9.18. The Labute approximate surface area is 155 Å². The van der Waals surface area contributed by atoms with E-state index in [9.17, 15) is 0 Å². The van der Waals surface area contributed by atoms with Crippen molar-refractivity contribution in [2.24, 2.45) is 4.99 Å². The molecule has 4 aliphatic carbocycles. The minimum absolute atomic E-state index is 0.967. The second-order valence-corrected chi connectivity index (χ2v) is 6.77. The summed E-state index contributed by atoms with van der Waals surface area (Å²) in [5.41, 5.74) is 7.46. The summed E-state index contributed by atoms with van der Waals surface area (Å²) in [7, 11) is 1.76. The molecular weight excluding hydrogens is 318 g/mol. The van der Waals surface area contributed by atoms with Crippen LogP contribution in [-0.4, -0.2) is 13.3 Å². The first-order chi connectivity index (χ1) is 12.8. The Morgan fingerprint density at radius 3 is 2.08 bits per heavy atom. The van der Waals surface area contributed by atoms with Crippen LogP contribution in [0.15, 0.2) is 71.7 Å². The third-order valence-electron chi connectivity index (χ3n) is 5.04. The minimum Gasteiger partial charge on any atom is -0.496 e. The molecule has 0 radical (unpaired) electrons. The average molecular weight is 341 g/mol.